The molecule has 1 aromatic carbocycles. The van der Waals surface area contributed by atoms with Crippen molar-refractivity contribution in [2.45, 2.75) is 44.9 Å². The van der Waals surface area contributed by atoms with Gasteiger partial charge in [-0.25, -0.2) is 0 Å². The summed E-state index contributed by atoms with van der Waals surface area (Å²) in [5, 5.41) is 7.28. The Labute approximate surface area is 154 Å². The van der Waals surface area contributed by atoms with E-state index in [1.807, 2.05) is 29.1 Å². The normalized spacial score (nSPS) is 20.5. The summed E-state index contributed by atoms with van der Waals surface area (Å²) in [5.41, 5.74) is 2.60. The quantitative estimate of drug-likeness (QED) is 0.866. The Morgan fingerprint density at radius 2 is 2.15 bits per heavy atom. The van der Waals surface area contributed by atoms with Gasteiger partial charge in [-0.1, -0.05) is 12.1 Å². The molecule has 1 N–H and O–H groups in total. The third kappa shape index (κ3) is 4.31. The number of nitrogens with one attached hydrogen (secondary N) is 1. The van der Waals surface area contributed by atoms with Gasteiger partial charge in [0.1, 0.15) is 0 Å². The molecular weight excluding hydrogens is 328 g/mol. The number of amides is 1. The number of likely N-dealkylation sites (tertiary alicyclic amines) is 1. The van der Waals surface area contributed by atoms with Crippen LogP contribution in [0.2, 0.25) is 0 Å². The number of rotatable bonds is 6. The lowest BCUT2D eigenvalue weighted by molar-refractivity contribution is 0.0940. The maximum atomic E-state index is 12.6. The van der Waals surface area contributed by atoms with Crippen LogP contribution in [0.5, 0.6) is 0 Å². The highest BCUT2D eigenvalue weighted by atomic mass is 16.5. The van der Waals surface area contributed by atoms with Crippen molar-refractivity contribution >= 4 is 11.6 Å². The summed E-state index contributed by atoms with van der Waals surface area (Å²) in [5.74, 6) is -0.0926. The fourth-order valence-corrected chi connectivity index (χ4v) is 3.74. The summed E-state index contributed by atoms with van der Waals surface area (Å²) in [4.78, 5) is 15.0. The fourth-order valence-electron chi connectivity index (χ4n) is 3.74. The molecule has 1 amide bonds. The highest BCUT2D eigenvalue weighted by Crippen LogP contribution is 2.17. The molecule has 6 heteroatoms. The van der Waals surface area contributed by atoms with Crippen LogP contribution in [-0.2, 0) is 17.8 Å². The average Bonchev–Trinajstić information content (AvgIpc) is 3.39. The van der Waals surface area contributed by atoms with Gasteiger partial charge in [0.05, 0.1) is 24.5 Å². The second-order valence-electron chi connectivity index (χ2n) is 7.22. The Hall–Kier alpha value is -2.18. The minimum absolute atomic E-state index is 0.0926. The zero-order valence-corrected chi connectivity index (χ0v) is 15.1. The maximum Gasteiger partial charge on any atom is 0.255 e. The monoisotopic (exact) mass is 354 g/mol. The zero-order valence-electron chi connectivity index (χ0n) is 15.1. The third-order valence-corrected chi connectivity index (χ3v) is 5.10. The first-order valence-electron chi connectivity index (χ1n) is 9.53. The third-order valence-electron chi connectivity index (χ3n) is 5.10. The van der Waals surface area contributed by atoms with Gasteiger partial charge in [0.25, 0.3) is 5.91 Å². The Morgan fingerprint density at radius 3 is 2.96 bits per heavy atom. The van der Waals surface area contributed by atoms with Crippen LogP contribution in [0, 0.1) is 0 Å². The summed E-state index contributed by atoms with van der Waals surface area (Å²) in [6.07, 6.45) is 8.54. The van der Waals surface area contributed by atoms with Gasteiger partial charge in [0.2, 0.25) is 0 Å². The molecule has 2 fully saturated rings. The Bertz CT molecular complexity index is 746. The molecule has 0 saturated carbocycles. The van der Waals surface area contributed by atoms with Crippen LogP contribution in [0.15, 0.2) is 36.7 Å². The molecular formula is C20H26N4O2. The molecule has 4 rings (SSSR count). The van der Waals surface area contributed by atoms with Crippen LogP contribution in [0.1, 0.15) is 41.6 Å². The molecule has 6 nitrogen and oxygen atoms in total. The molecule has 2 aliphatic heterocycles. The number of carbonyl (C=O) groups is 1. The standard InChI is InChI=1S/C20H26N4O2/c25-20(17-6-3-5-16(11-17)13-23-8-1-2-9-23)22-18-12-21-24(14-18)15-19-7-4-10-26-19/h3,5-6,11-12,14,19H,1-2,4,7-10,13,15H2,(H,22,25). The molecule has 2 aliphatic rings. The van der Waals surface area contributed by atoms with E-state index in [1.54, 1.807) is 6.20 Å². The van der Waals surface area contributed by atoms with Crippen LogP contribution >= 0.6 is 0 Å². The molecule has 26 heavy (non-hydrogen) atoms. The number of hydrogen-bond donors (Lipinski definition) is 1. The van der Waals surface area contributed by atoms with E-state index in [9.17, 15) is 4.79 Å². The molecule has 2 aromatic rings. The second-order valence-corrected chi connectivity index (χ2v) is 7.22. The second kappa shape index (κ2) is 8.01. The van der Waals surface area contributed by atoms with Crippen LogP contribution in [0.4, 0.5) is 5.69 Å². The van der Waals surface area contributed by atoms with Crippen molar-refractivity contribution in [2.24, 2.45) is 0 Å². The van der Waals surface area contributed by atoms with E-state index in [4.69, 9.17) is 4.74 Å². The molecule has 0 aliphatic carbocycles. The van der Waals surface area contributed by atoms with E-state index in [-0.39, 0.29) is 12.0 Å². The van der Waals surface area contributed by atoms with E-state index in [0.717, 1.165) is 51.3 Å². The van der Waals surface area contributed by atoms with Crippen LogP contribution in [-0.4, -0.2) is 46.4 Å². The first-order chi connectivity index (χ1) is 12.8. The largest absolute Gasteiger partial charge is 0.376 e. The van der Waals surface area contributed by atoms with E-state index in [1.165, 1.54) is 18.4 Å². The minimum Gasteiger partial charge on any atom is -0.376 e. The fraction of sp³-hybridized carbons (Fsp3) is 0.500. The summed E-state index contributed by atoms with van der Waals surface area (Å²) < 4.78 is 7.47. The Balaban J connectivity index is 1.36. The molecule has 0 bridgehead atoms. The maximum absolute atomic E-state index is 12.6. The molecule has 1 unspecified atom stereocenters. The number of hydrogen-bond acceptors (Lipinski definition) is 4. The predicted molar refractivity (Wildman–Crippen MR) is 100 cm³/mol. The summed E-state index contributed by atoms with van der Waals surface area (Å²) in [6, 6.07) is 7.90. The molecule has 138 valence electrons. The smallest absolute Gasteiger partial charge is 0.255 e. The van der Waals surface area contributed by atoms with Gasteiger partial charge >= 0.3 is 0 Å². The average molecular weight is 354 g/mol. The highest BCUT2D eigenvalue weighted by Gasteiger charge is 2.17. The molecule has 1 atom stereocenters. The number of benzene rings is 1. The minimum atomic E-state index is -0.0926. The van der Waals surface area contributed by atoms with Crippen molar-refractivity contribution in [3.8, 4) is 0 Å². The zero-order chi connectivity index (χ0) is 17.8. The lowest BCUT2D eigenvalue weighted by atomic mass is 10.1. The van der Waals surface area contributed by atoms with Crippen molar-refractivity contribution in [3.05, 3.63) is 47.8 Å². The van der Waals surface area contributed by atoms with Gasteiger partial charge in [0, 0.05) is 24.9 Å². The number of aromatic nitrogens is 2. The summed E-state index contributed by atoms with van der Waals surface area (Å²) in [7, 11) is 0. The van der Waals surface area contributed by atoms with Gasteiger partial charge in [0.15, 0.2) is 0 Å². The lowest BCUT2D eigenvalue weighted by Gasteiger charge is -2.15. The van der Waals surface area contributed by atoms with Crippen molar-refractivity contribution in [2.75, 3.05) is 25.0 Å². The van der Waals surface area contributed by atoms with Gasteiger partial charge < -0.3 is 10.1 Å². The molecule has 0 spiro atoms. The number of anilines is 1. The molecule has 2 saturated heterocycles. The molecule has 0 radical (unpaired) electrons. The number of nitrogens with zero attached hydrogens (tertiary/aromatic N) is 3. The van der Waals surface area contributed by atoms with Crippen molar-refractivity contribution in [1.82, 2.24) is 14.7 Å². The Kier molecular flexibility index (Phi) is 5.32. The topological polar surface area (TPSA) is 59.4 Å². The lowest BCUT2D eigenvalue weighted by Crippen LogP contribution is -2.19. The van der Waals surface area contributed by atoms with E-state index in [2.05, 4.69) is 21.4 Å². The Morgan fingerprint density at radius 1 is 1.27 bits per heavy atom. The van der Waals surface area contributed by atoms with Crippen molar-refractivity contribution < 1.29 is 9.53 Å². The van der Waals surface area contributed by atoms with E-state index >= 15 is 0 Å². The highest BCUT2D eigenvalue weighted by molar-refractivity contribution is 6.04. The summed E-state index contributed by atoms with van der Waals surface area (Å²) >= 11 is 0. The van der Waals surface area contributed by atoms with Gasteiger partial charge in [-0.3, -0.25) is 14.4 Å². The predicted octanol–water partition coefficient (Wildman–Crippen LogP) is 2.91. The summed E-state index contributed by atoms with van der Waals surface area (Å²) in [6.45, 7) is 4.80. The van der Waals surface area contributed by atoms with Crippen LogP contribution in [0.3, 0.4) is 0 Å². The van der Waals surface area contributed by atoms with Crippen molar-refractivity contribution in [1.29, 1.82) is 0 Å². The first kappa shape index (κ1) is 17.2. The van der Waals surface area contributed by atoms with Crippen LogP contribution in [0.25, 0.3) is 0 Å². The van der Waals surface area contributed by atoms with Gasteiger partial charge in [-0.15, -0.1) is 0 Å². The van der Waals surface area contributed by atoms with E-state index < -0.39 is 0 Å². The molecule has 3 heterocycles. The number of ether oxygens (including phenoxy) is 1. The SMILES string of the molecule is O=C(Nc1cnn(CC2CCCO2)c1)c1cccc(CN2CCCC2)c1. The van der Waals surface area contributed by atoms with Crippen LogP contribution < -0.4 is 5.32 Å². The van der Waals surface area contributed by atoms with Gasteiger partial charge in [-0.05, 0) is 56.5 Å². The first-order valence-corrected chi connectivity index (χ1v) is 9.53. The van der Waals surface area contributed by atoms with E-state index in [0.29, 0.717) is 5.56 Å². The van der Waals surface area contributed by atoms with Crippen molar-refractivity contribution in [3.63, 3.8) is 0 Å². The number of carbonyl (C=O) groups excluding carboxylic acids is 1. The molecule has 1 aromatic heterocycles. The van der Waals surface area contributed by atoms with Gasteiger partial charge in [-0.2, -0.15) is 5.10 Å².